The summed E-state index contributed by atoms with van der Waals surface area (Å²) in [6, 6.07) is 31.5. The number of anilines is 2. The topological polar surface area (TPSA) is 75.7 Å². The van der Waals surface area contributed by atoms with E-state index >= 15 is 0 Å². The van der Waals surface area contributed by atoms with Crippen LogP contribution in [0.5, 0.6) is 5.75 Å². The lowest BCUT2D eigenvalue weighted by Crippen LogP contribution is -2.32. The quantitative estimate of drug-likeness (QED) is 0.115. The number of esters is 1. The van der Waals surface area contributed by atoms with Crippen LogP contribution in [0.1, 0.15) is 60.7 Å². The molecule has 4 aromatic rings. The number of hydrogen-bond acceptors (Lipinski definition) is 5. The fraction of sp³-hybridized carbons (Fsp3) is 0.194. The summed E-state index contributed by atoms with van der Waals surface area (Å²) in [5.41, 5.74) is 4.50. The van der Waals surface area contributed by atoms with E-state index in [1.54, 1.807) is 48.5 Å². The van der Waals surface area contributed by atoms with Crippen LogP contribution in [0.15, 0.2) is 114 Å². The third kappa shape index (κ3) is 6.40. The largest absolute Gasteiger partial charge is 0.423 e. The number of halogens is 1. The fourth-order valence-corrected chi connectivity index (χ4v) is 5.21. The van der Waals surface area contributed by atoms with Gasteiger partial charge in [0.1, 0.15) is 16.5 Å². The van der Waals surface area contributed by atoms with Crippen molar-refractivity contribution < 1.29 is 19.1 Å². The van der Waals surface area contributed by atoms with Gasteiger partial charge in [-0.2, -0.15) is 0 Å². The number of aryl methyl sites for hydroxylation is 1. The lowest BCUT2D eigenvalue weighted by Gasteiger charge is -2.26. The summed E-state index contributed by atoms with van der Waals surface area (Å²) < 4.78 is 5.59. The van der Waals surface area contributed by atoms with Gasteiger partial charge in [0.15, 0.2) is 0 Å². The summed E-state index contributed by atoms with van der Waals surface area (Å²) >= 11 is 6.29. The number of hydrogen-bond donors (Lipinski definition) is 1. The number of imide groups is 1. The maximum Gasteiger partial charge on any atom is 0.343 e. The molecule has 0 spiro atoms. The Hall–Kier alpha value is -4.68. The number of carbonyl (C=O) groups is 3. The molecule has 0 aliphatic carbocycles. The first-order chi connectivity index (χ1) is 20.7. The molecule has 1 N–H and O–H groups in total. The standard InChI is InChI=1S/C36H33ClN2O4/c1-4-5-9-24-12-20-29(21-13-24)39-33(40)31(37)32(34(39)41)38-28-18-14-25(15-19-28)35(42)43-30-22-16-27(17-23-30)36(2,3)26-10-7-6-8-11-26/h6-8,10-23,38H,4-5,9H2,1-3H3. The first-order valence-electron chi connectivity index (χ1n) is 14.3. The minimum atomic E-state index is -0.589. The van der Waals surface area contributed by atoms with Gasteiger partial charge in [0.2, 0.25) is 0 Å². The number of ether oxygens (including phenoxy) is 1. The Morgan fingerprint density at radius 2 is 1.44 bits per heavy atom. The van der Waals surface area contributed by atoms with E-state index in [1.807, 2.05) is 42.5 Å². The summed E-state index contributed by atoms with van der Waals surface area (Å²) in [5.74, 6) is -1.21. The Bertz CT molecular complexity index is 1660. The highest BCUT2D eigenvalue weighted by Crippen LogP contribution is 2.33. The highest BCUT2D eigenvalue weighted by Gasteiger charge is 2.39. The van der Waals surface area contributed by atoms with Crippen molar-refractivity contribution in [3.63, 3.8) is 0 Å². The van der Waals surface area contributed by atoms with Crippen LogP contribution in [-0.4, -0.2) is 17.8 Å². The van der Waals surface area contributed by atoms with Crippen molar-refractivity contribution in [2.45, 2.75) is 45.4 Å². The molecule has 6 nitrogen and oxygen atoms in total. The maximum absolute atomic E-state index is 13.2. The molecule has 0 radical (unpaired) electrons. The average Bonchev–Trinajstić information content (AvgIpc) is 3.24. The zero-order valence-electron chi connectivity index (χ0n) is 24.4. The molecule has 7 heteroatoms. The lowest BCUT2D eigenvalue weighted by molar-refractivity contribution is -0.120. The summed E-state index contributed by atoms with van der Waals surface area (Å²) in [7, 11) is 0. The van der Waals surface area contributed by atoms with E-state index in [9.17, 15) is 14.4 Å². The van der Waals surface area contributed by atoms with Gasteiger partial charge in [0, 0.05) is 11.1 Å². The maximum atomic E-state index is 13.2. The molecule has 4 aromatic carbocycles. The molecule has 0 saturated carbocycles. The summed E-state index contributed by atoms with van der Waals surface area (Å²) in [6.45, 7) is 6.44. The molecular weight excluding hydrogens is 560 g/mol. The molecule has 1 aliphatic rings. The molecule has 43 heavy (non-hydrogen) atoms. The van der Waals surface area contributed by atoms with Gasteiger partial charge in [-0.05, 0) is 78.1 Å². The van der Waals surface area contributed by atoms with Crippen LogP contribution >= 0.6 is 11.6 Å². The second-order valence-electron chi connectivity index (χ2n) is 11.0. The smallest absolute Gasteiger partial charge is 0.343 e. The first kappa shape index (κ1) is 29.8. The Kier molecular flexibility index (Phi) is 8.78. The van der Waals surface area contributed by atoms with Gasteiger partial charge >= 0.3 is 5.97 Å². The summed E-state index contributed by atoms with van der Waals surface area (Å²) in [5, 5.41) is 2.75. The van der Waals surface area contributed by atoms with Crippen LogP contribution in [0.3, 0.4) is 0 Å². The van der Waals surface area contributed by atoms with Gasteiger partial charge < -0.3 is 10.1 Å². The minimum Gasteiger partial charge on any atom is -0.423 e. The summed E-state index contributed by atoms with van der Waals surface area (Å²) in [4.78, 5) is 39.9. The molecule has 1 aliphatic heterocycles. The second kappa shape index (κ2) is 12.7. The molecule has 0 unspecified atom stereocenters. The number of rotatable bonds is 10. The van der Waals surface area contributed by atoms with Gasteiger partial charge in [0.25, 0.3) is 11.8 Å². The van der Waals surface area contributed by atoms with Crippen molar-refractivity contribution in [2.24, 2.45) is 0 Å². The van der Waals surface area contributed by atoms with E-state index < -0.39 is 17.8 Å². The number of amides is 2. The van der Waals surface area contributed by atoms with Crippen molar-refractivity contribution >= 4 is 40.8 Å². The monoisotopic (exact) mass is 592 g/mol. The van der Waals surface area contributed by atoms with Crippen LogP contribution in [-0.2, 0) is 21.4 Å². The van der Waals surface area contributed by atoms with Crippen molar-refractivity contribution in [2.75, 3.05) is 10.2 Å². The molecular formula is C36H33ClN2O4. The third-order valence-corrected chi connectivity index (χ3v) is 8.06. The molecule has 0 fully saturated rings. The van der Waals surface area contributed by atoms with Gasteiger partial charge in [-0.3, -0.25) is 9.59 Å². The Morgan fingerprint density at radius 1 is 0.814 bits per heavy atom. The van der Waals surface area contributed by atoms with Crippen LogP contribution in [0.25, 0.3) is 0 Å². The Balaban J connectivity index is 1.22. The van der Waals surface area contributed by atoms with E-state index in [1.165, 1.54) is 5.56 Å². The number of unbranched alkanes of at least 4 members (excludes halogenated alkanes) is 1. The average molecular weight is 593 g/mol. The van der Waals surface area contributed by atoms with Crippen molar-refractivity contribution in [1.29, 1.82) is 0 Å². The number of carbonyl (C=O) groups excluding carboxylic acids is 3. The van der Waals surface area contributed by atoms with Crippen molar-refractivity contribution in [3.8, 4) is 5.75 Å². The fourth-order valence-electron chi connectivity index (χ4n) is 5.00. The number of nitrogens with zero attached hydrogens (tertiary/aromatic N) is 1. The van der Waals surface area contributed by atoms with Crippen molar-refractivity contribution in [1.82, 2.24) is 0 Å². The molecule has 0 saturated heterocycles. The van der Waals surface area contributed by atoms with Crippen LogP contribution in [0.4, 0.5) is 11.4 Å². The van der Waals surface area contributed by atoms with E-state index in [0.29, 0.717) is 22.7 Å². The highest BCUT2D eigenvalue weighted by atomic mass is 35.5. The number of benzene rings is 4. The molecule has 0 atom stereocenters. The van der Waals surface area contributed by atoms with E-state index in [0.717, 1.165) is 35.3 Å². The second-order valence-corrected chi connectivity index (χ2v) is 11.4. The molecule has 1 heterocycles. The predicted molar refractivity (Wildman–Crippen MR) is 170 cm³/mol. The lowest BCUT2D eigenvalue weighted by atomic mass is 9.78. The van der Waals surface area contributed by atoms with Gasteiger partial charge in [-0.25, -0.2) is 9.69 Å². The first-order valence-corrected chi connectivity index (χ1v) is 14.7. The zero-order chi connectivity index (χ0) is 30.6. The summed E-state index contributed by atoms with van der Waals surface area (Å²) in [6.07, 6.45) is 3.09. The highest BCUT2D eigenvalue weighted by molar-refractivity contribution is 6.53. The van der Waals surface area contributed by atoms with Gasteiger partial charge in [-0.1, -0.05) is 93.4 Å². The van der Waals surface area contributed by atoms with E-state index in [4.69, 9.17) is 16.3 Å². The third-order valence-electron chi connectivity index (χ3n) is 7.71. The van der Waals surface area contributed by atoms with E-state index in [-0.39, 0.29) is 16.1 Å². The van der Waals surface area contributed by atoms with Crippen LogP contribution in [0, 0.1) is 0 Å². The van der Waals surface area contributed by atoms with E-state index in [2.05, 4.69) is 38.2 Å². The zero-order valence-corrected chi connectivity index (χ0v) is 25.2. The molecule has 0 aromatic heterocycles. The molecule has 5 rings (SSSR count). The number of nitrogens with one attached hydrogen (secondary N) is 1. The van der Waals surface area contributed by atoms with Crippen molar-refractivity contribution in [3.05, 3.63) is 136 Å². The molecule has 0 bridgehead atoms. The van der Waals surface area contributed by atoms with Crippen LogP contribution < -0.4 is 15.0 Å². The normalized spacial score (nSPS) is 13.4. The predicted octanol–water partition coefficient (Wildman–Crippen LogP) is 8.01. The SMILES string of the molecule is CCCCc1ccc(N2C(=O)C(Cl)=C(Nc3ccc(C(=O)Oc4ccc(C(C)(C)c5ccccc5)cc4)cc3)C2=O)cc1. The van der Waals surface area contributed by atoms with Gasteiger partial charge in [0.05, 0.1) is 11.3 Å². The Labute approximate surface area is 256 Å². The molecule has 2 amide bonds. The Morgan fingerprint density at radius 3 is 2.07 bits per heavy atom. The van der Waals surface area contributed by atoms with Crippen LogP contribution in [0.2, 0.25) is 0 Å². The molecule has 218 valence electrons. The minimum absolute atomic E-state index is 0.0180. The van der Waals surface area contributed by atoms with Gasteiger partial charge in [-0.15, -0.1) is 0 Å².